The zero-order chi connectivity index (χ0) is 21.1. The SMILES string of the molecule is CCCC1COC(c2ccc(C#Cc3ccc4c(F)c(F)ccc4c3)c(F)c2)OC1. The van der Waals surface area contributed by atoms with Crippen LogP contribution in [0.2, 0.25) is 0 Å². The van der Waals surface area contributed by atoms with Crippen LogP contribution in [0, 0.1) is 35.2 Å². The van der Waals surface area contributed by atoms with E-state index in [2.05, 4.69) is 18.8 Å². The minimum absolute atomic E-state index is 0.185. The normalized spacial score (nSPS) is 18.8. The molecule has 0 spiro atoms. The van der Waals surface area contributed by atoms with Gasteiger partial charge in [-0.15, -0.1) is 0 Å². The molecule has 0 amide bonds. The summed E-state index contributed by atoms with van der Waals surface area (Å²) in [5.41, 5.74) is 1.44. The van der Waals surface area contributed by atoms with Crippen LogP contribution in [0.25, 0.3) is 10.8 Å². The van der Waals surface area contributed by atoms with Crippen molar-refractivity contribution in [2.24, 2.45) is 5.92 Å². The summed E-state index contributed by atoms with van der Waals surface area (Å²) in [4.78, 5) is 0. The van der Waals surface area contributed by atoms with Gasteiger partial charge in [0, 0.05) is 22.4 Å². The molecular formula is C25H21F3O2. The van der Waals surface area contributed by atoms with Gasteiger partial charge in [0.15, 0.2) is 17.9 Å². The molecule has 0 aliphatic carbocycles. The molecule has 2 nitrogen and oxygen atoms in total. The summed E-state index contributed by atoms with van der Waals surface area (Å²) in [7, 11) is 0. The van der Waals surface area contributed by atoms with Crippen molar-refractivity contribution in [2.75, 3.05) is 13.2 Å². The van der Waals surface area contributed by atoms with E-state index in [1.807, 2.05) is 0 Å². The lowest BCUT2D eigenvalue weighted by atomic mass is 10.0. The smallest absolute Gasteiger partial charge is 0.183 e. The Balaban J connectivity index is 1.51. The minimum Gasteiger partial charge on any atom is -0.348 e. The molecule has 1 aliphatic heterocycles. The highest BCUT2D eigenvalue weighted by atomic mass is 19.2. The molecule has 4 rings (SSSR count). The van der Waals surface area contributed by atoms with Gasteiger partial charge >= 0.3 is 0 Å². The molecule has 0 radical (unpaired) electrons. The summed E-state index contributed by atoms with van der Waals surface area (Å²) < 4.78 is 53.1. The van der Waals surface area contributed by atoms with Gasteiger partial charge in [0.1, 0.15) is 5.82 Å². The lowest BCUT2D eigenvalue weighted by Crippen LogP contribution is -2.27. The Bertz CT molecular complexity index is 1120. The number of benzene rings is 3. The molecule has 0 unspecified atom stereocenters. The fraction of sp³-hybridized carbons (Fsp3) is 0.280. The van der Waals surface area contributed by atoms with E-state index in [0.29, 0.717) is 35.6 Å². The van der Waals surface area contributed by atoms with Crippen LogP contribution in [0.1, 0.15) is 42.7 Å². The summed E-state index contributed by atoms with van der Waals surface area (Å²) in [6.45, 7) is 3.33. The van der Waals surface area contributed by atoms with E-state index in [0.717, 1.165) is 18.9 Å². The maximum absolute atomic E-state index is 14.6. The van der Waals surface area contributed by atoms with Crippen molar-refractivity contribution in [1.82, 2.24) is 0 Å². The summed E-state index contributed by atoms with van der Waals surface area (Å²) >= 11 is 0. The Labute approximate surface area is 173 Å². The first-order valence-corrected chi connectivity index (χ1v) is 9.97. The lowest BCUT2D eigenvalue weighted by molar-refractivity contribution is -0.206. The van der Waals surface area contributed by atoms with Gasteiger partial charge in [-0.25, -0.2) is 13.2 Å². The average molecular weight is 410 g/mol. The second kappa shape index (κ2) is 8.91. The van der Waals surface area contributed by atoms with Crippen molar-refractivity contribution in [3.8, 4) is 11.8 Å². The Kier molecular flexibility index (Phi) is 6.08. The number of fused-ring (bicyclic) bond motifs is 1. The lowest BCUT2D eigenvalue weighted by Gasteiger charge is -2.29. The Morgan fingerprint density at radius 2 is 1.70 bits per heavy atom. The summed E-state index contributed by atoms with van der Waals surface area (Å²) in [6.07, 6.45) is 1.56. The van der Waals surface area contributed by atoms with Crippen molar-refractivity contribution in [2.45, 2.75) is 26.1 Å². The van der Waals surface area contributed by atoms with E-state index >= 15 is 0 Å². The first-order valence-electron chi connectivity index (χ1n) is 9.97. The number of ether oxygens (including phenoxy) is 2. The number of rotatable bonds is 3. The summed E-state index contributed by atoms with van der Waals surface area (Å²) in [5, 5.41) is 0.717. The molecule has 154 valence electrons. The third kappa shape index (κ3) is 4.35. The first-order chi connectivity index (χ1) is 14.5. The predicted octanol–water partition coefficient (Wildman–Crippen LogP) is 6.12. The molecule has 5 heteroatoms. The summed E-state index contributed by atoms with van der Waals surface area (Å²) in [6, 6.07) is 12.0. The van der Waals surface area contributed by atoms with Gasteiger partial charge in [-0.3, -0.25) is 0 Å². The van der Waals surface area contributed by atoms with Gasteiger partial charge in [0.2, 0.25) is 0 Å². The van der Waals surface area contributed by atoms with Crippen LogP contribution in [-0.4, -0.2) is 13.2 Å². The molecule has 1 fully saturated rings. The maximum atomic E-state index is 14.6. The largest absolute Gasteiger partial charge is 0.348 e. The van der Waals surface area contributed by atoms with Crippen molar-refractivity contribution < 1.29 is 22.6 Å². The highest BCUT2D eigenvalue weighted by molar-refractivity contribution is 5.84. The van der Waals surface area contributed by atoms with Crippen molar-refractivity contribution in [1.29, 1.82) is 0 Å². The highest BCUT2D eigenvalue weighted by Gasteiger charge is 2.23. The molecule has 0 saturated carbocycles. The van der Waals surface area contributed by atoms with Crippen LogP contribution in [0.5, 0.6) is 0 Å². The molecule has 0 N–H and O–H groups in total. The van der Waals surface area contributed by atoms with E-state index in [9.17, 15) is 13.2 Å². The van der Waals surface area contributed by atoms with Gasteiger partial charge in [-0.1, -0.05) is 43.4 Å². The van der Waals surface area contributed by atoms with Crippen molar-refractivity contribution >= 4 is 10.8 Å². The zero-order valence-corrected chi connectivity index (χ0v) is 16.6. The molecule has 1 aliphatic rings. The zero-order valence-electron chi connectivity index (χ0n) is 16.6. The second-order valence-electron chi connectivity index (χ2n) is 7.44. The predicted molar refractivity (Wildman–Crippen MR) is 109 cm³/mol. The molecule has 30 heavy (non-hydrogen) atoms. The van der Waals surface area contributed by atoms with E-state index in [1.165, 1.54) is 18.2 Å². The van der Waals surface area contributed by atoms with Gasteiger partial charge in [-0.05, 0) is 42.1 Å². The molecule has 0 bridgehead atoms. The third-order valence-corrected chi connectivity index (χ3v) is 5.18. The van der Waals surface area contributed by atoms with Gasteiger partial charge in [0.05, 0.1) is 18.8 Å². The fourth-order valence-electron chi connectivity index (χ4n) is 3.57. The van der Waals surface area contributed by atoms with Crippen LogP contribution in [0.3, 0.4) is 0 Å². The minimum atomic E-state index is -0.893. The van der Waals surface area contributed by atoms with Crippen LogP contribution in [0.15, 0.2) is 48.5 Å². The second-order valence-corrected chi connectivity index (χ2v) is 7.44. The van der Waals surface area contributed by atoms with Crippen molar-refractivity contribution in [3.05, 3.63) is 82.7 Å². The Morgan fingerprint density at radius 1 is 0.900 bits per heavy atom. The first kappa shape index (κ1) is 20.5. The molecule has 1 saturated heterocycles. The van der Waals surface area contributed by atoms with Crippen LogP contribution >= 0.6 is 0 Å². The monoisotopic (exact) mass is 410 g/mol. The van der Waals surface area contributed by atoms with Crippen LogP contribution < -0.4 is 0 Å². The summed E-state index contributed by atoms with van der Waals surface area (Å²) in [5.74, 6) is 3.82. The quantitative estimate of drug-likeness (QED) is 0.485. The van der Waals surface area contributed by atoms with Crippen molar-refractivity contribution in [3.63, 3.8) is 0 Å². The van der Waals surface area contributed by atoms with E-state index in [1.54, 1.807) is 24.3 Å². The molecule has 0 atom stereocenters. The number of hydrogen-bond acceptors (Lipinski definition) is 2. The number of halogens is 3. The highest BCUT2D eigenvalue weighted by Crippen LogP contribution is 2.28. The standard InChI is InChI=1S/C25H21F3O2/c1-2-3-17-14-29-25(30-15-17)20-8-7-18(23(27)13-20)6-4-16-5-10-21-19(12-16)9-11-22(26)24(21)28/h5,7-13,17,25H,2-3,14-15H2,1H3. The molecule has 3 aromatic carbocycles. The maximum Gasteiger partial charge on any atom is 0.183 e. The Morgan fingerprint density at radius 3 is 2.43 bits per heavy atom. The van der Waals surface area contributed by atoms with Gasteiger partial charge < -0.3 is 9.47 Å². The molecule has 0 aromatic heterocycles. The average Bonchev–Trinajstić information content (AvgIpc) is 2.76. The number of hydrogen-bond donors (Lipinski definition) is 0. The van der Waals surface area contributed by atoms with Gasteiger partial charge in [0.25, 0.3) is 0 Å². The van der Waals surface area contributed by atoms with E-state index < -0.39 is 23.7 Å². The fourth-order valence-corrected chi connectivity index (χ4v) is 3.57. The molecule has 1 heterocycles. The molecule has 3 aromatic rings. The van der Waals surface area contributed by atoms with Gasteiger partial charge in [-0.2, -0.15) is 0 Å². The Hall–Kier alpha value is -2.81. The molecular weight excluding hydrogens is 389 g/mol. The van der Waals surface area contributed by atoms with Crippen LogP contribution in [0.4, 0.5) is 13.2 Å². The van der Waals surface area contributed by atoms with E-state index in [-0.39, 0.29) is 10.9 Å². The van der Waals surface area contributed by atoms with E-state index in [4.69, 9.17) is 9.47 Å². The van der Waals surface area contributed by atoms with Crippen LogP contribution in [-0.2, 0) is 9.47 Å². The topological polar surface area (TPSA) is 18.5 Å². The third-order valence-electron chi connectivity index (χ3n) is 5.18.